The van der Waals surface area contributed by atoms with Crippen LogP contribution < -0.4 is 0 Å². The second-order valence-electron chi connectivity index (χ2n) is 6.27. The van der Waals surface area contributed by atoms with Gasteiger partial charge in [-0.05, 0) is 0 Å². The first-order valence-electron chi connectivity index (χ1n) is 8.68. The summed E-state index contributed by atoms with van der Waals surface area (Å²) >= 11 is 0. The van der Waals surface area contributed by atoms with Crippen LogP contribution in [0, 0.1) is 0 Å². The first-order valence-corrected chi connectivity index (χ1v) is 8.68. The molecular formula is C16H32N6O2. The fourth-order valence-corrected chi connectivity index (χ4v) is 2.81. The van der Waals surface area contributed by atoms with E-state index in [1.54, 1.807) is 0 Å². The van der Waals surface area contributed by atoms with Gasteiger partial charge >= 0.3 is 0 Å². The predicted molar refractivity (Wildman–Crippen MR) is 96.8 cm³/mol. The molecule has 8 nitrogen and oxygen atoms in total. The maximum Gasteiger partial charge on any atom is 0.196 e. The van der Waals surface area contributed by atoms with E-state index in [4.69, 9.17) is 9.47 Å². The molecule has 138 valence electrons. The van der Waals surface area contributed by atoms with Crippen LogP contribution in [0.2, 0.25) is 0 Å². The lowest BCUT2D eigenvalue weighted by Gasteiger charge is -2.16. The minimum Gasteiger partial charge on any atom is -0.377 e. The van der Waals surface area contributed by atoms with E-state index in [0.29, 0.717) is 39.5 Å². The van der Waals surface area contributed by atoms with Crippen molar-refractivity contribution >= 4 is 11.9 Å². The quantitative estimate of drug-likeness (QED) is 0.527. The standard InChI is InChI=1S/C16H32N6O2/c1-19-7-8-20(2)15(19)17-5-11-23-13-14-24-12-6-18-16-21(3)9-10-22(16)4/h5-14H2,1-4H3. The van der Waals surface area contributed by atoms with Crippen molar-refractivity contribution in [1.29, 1.82) is 0 Å². The number of aliphatic imine (C=N–C) groups is 2. The van der Waals surface area contributed by atoms with Crippen molar-refractivity contribution in [1.82, 2.24) is 19.6 Å². The van der Waals surface area contributed by atoms with Gasteiger partial charge in [0.2, 0.25) is 0 Å². The van der Waals surface area contributed by atoms with Crippen molar-refractivity contribution in [3.05, 3.63) is 0 Å². The number of hydrogen-bond donors (Lipinski definition) is 0. The van der Waals surface area contributed by atoms with Crippen LogP contribution in [0.5, 0.6) is 0 Å². The minimum absolute atomic E-state index is 0.604. The minimum atomic E-state index is 0.604. The van der Waals surface area contributed by atoms with Gasteiger partial charge in [-0.25, -0.2) is 0 Å². The highest BCUT2D eigenvalue weighted by molar-refractivity contribution is 5.81. The molecule has 8 heteroatoms. The molecule has 0 spiro atoms. The Kier molecular flexibility index (Phi) is 7.58. The van der Waals surface area contributed by atoms with Crippen molar-refractivity contribution in [3.8, 4) is 0 Å². The molecule has 0 unspecified atom stereocenters. The summed E-state index contributed by atoms with van der Waals surface area (Å²) < 4.78 is 11.1. The molecule has 2 aliphatic heterocycles. The van der Waals surface area contributed by atoms with E-state index in [0.717, 1.165) is 38.1 Å². The molecule has 0 aromatic carbocycles. The molecule has 0 bridgehead atoms. The van der Waals surface area contributed by atoms with Crippen LogP contribution in [-0.4, -0.2) is 125 Å². The fourth-order valence-electron chi connectivity index (χ4n) is 2.81. The van der Waals surface area contributed by atoms with Gasteiger partial charge in [0, 0.05) is 54.4 Å². The summed E-state index contributed by atoms with van der Waals surface area (Å²) in [7, 11) is 8.28. The third kappa shape index (κ3) is 5.52. The van der Waals surface area contributed by atoms with Crippen LogP contribution in [0.1, 0.15) is 0 Å². The monoisotopic (exact) mass is 340 g/mol. The van der Waals surface area contributed by atoms with Crippen LogP contribution >= 0.6 is 0 Å². The molecule has 2 saturated heterocycles. The molecule has 0 saturated carbocycles. The van der Waals surface area contributed by atoms with Gasteiger partial charge in [0.05, 0.1) is 39.5 Å². The Morgan fingerprint density at radius 2 is 0.958 bits per heavy atom. The highest BCUT2D eigenvalue weighted by Crippen LogP contribution is 2.03. The van der Waals surface area contributed by atoms with Gasteiger partial charge in [-0.3, -0.25) is 9.98 Å². The summed E-state index contributed by atoms with van der Waals surface area (Å²) in [5.41, 5.74) is 0. The van der Waals surface area contributed by atoms with Gasteiger partial charge in [-0.1, -0.05) is 0 Å². The second kappa shape index (κ2) is 9.68. The van der Waals surface area contributed by atoms with E-state index in [1.165, 1.54) is 0 Å². The lowest BCUT2D eigenvalue weighted by atomic mass is 10.6. The fraction of sp³-hybridized carbons (Fsp3) is 0.875. The first-order chi connectivity index (χ1) is 11.6. The van der Waals surface area contributed by atoms with Gasteiger partial charge < -0.3 is 29.1 Å². The Balaban J connectivity index is 1.46. The Morgan fingerprint density at radius 1 is 0.625 bits per heavy atom. The highest BCUT2D eigenvalue weighted by Gasteiger charge is 2.19. The molecule has 0 radical (unpaired) electrons. The molecule has 2 fully saturated rings. The van der Waals surface area contributed by atoms with Gasteiger partial charge in [-0.15, -0.1) is 0 Å². The maximum atomic E-state index is 5.56. The Morgan fingerprint density at radius 3 is 1.29 bits per heavy atom. The van der Waals surface area contributed by atoms with Gasteiger partial charge in [-0.2, -0.15) is 0 Å². The molecule has 0 N–H and O–H groups in total. The van der Waals surface area contributed by atoms with Crippen LogP contribution in [0.25, 0.3) is 0 Å². The molecule has 24 heavy (non-hydrogen) atoms. The van der Waals surface area contributed by atoms with Gasteiger partial charge in [0.1, 0.15) is 0 Å². The summed E-state index contributed by atoms with van der Waals surface area (Å²) in [4.78, 5) is 17.8. The van der Waals surface area contributed by atoms with Crippen molar-refractivity contribution in [2.24, 2.45) is 9.98 Å². The largest absolute Gasteiger partial charge is 0.377 e. The molecule has 0 aliphatic carbocycles. The Labute approximate surface area is 145 Å². The van der Waals surface area contributed by atoms with Crippen molar-refractivity contribution in [3.63, 3.8) is 0 Å². The first kappa shape index (κ1) is 18.8. The molecular weight excluding hydrogens is 308 g/mol. The van der Waals surface area contributed by atoms with E-state index in [1.807, 2.05) is 0 Å². The Hall–Kier alpha value is -1.54. The van der Waals surface area contributed by atoms with Crippen LogP contribution in [0.15, 0.2) is 9.98 Å². The third-order valence-electron chi connectivity index (χ3n) is 4.26. The zero-order valence-electron chi connectivity index (χ0n) is 15.6. The topological polar surface area (TPSA) is 56.1 Å². The highest BCUT2D eigenvalue weighted by atomic mass is 16.5. The van der Waals surface area contributed by atoms with Crippen LogP contribution in [0.3, 0.4) is 0 Å². The summed E-state index contributed by atoms with van der Waals surface area (Å²) in [6.45, 7) is 8.02. The predicted octanol–water partition coefficient (Wildman–Crippen LogP) is -0.514. The van der Waals surface area contributed by atoms with E-state index in [2.05, 4.69) is 57.8 Å². The van der Waals surface area contributed by atoms with E-state index in [9.17, 15) is 0 Å². The summed E-state index contributed by atoms with van der Waals surface area (Å²) in [6.07, 6.45) is 0. The number of hydrogen-bond acceptors (Lipinski definition) is 4. The molecule has 2 heterocycles. The number of likely N-dealkylation sites (N-methyl/N-ethyl adjacent to an activating group) is 4. The SMILES string of the molecule is CN1CCN(C)C1=NCCOCCOCCN=C1N(C)CCN1C. The van der Waals surface area contributed by atoms with Gasteiger partial charge in [0.25, 0.3) is 0 Å². The molecule has 0 aromatic heterocycles. The Bertz CT molecular complexity index is 378. The number of nitrogens with zero attached hydrogens (tertiary/aromatic N) is 6. The lowest BCUT2D eigenvalue weighted by Crippen LogP contribution is -2.29. The van der Waals surface area contributed by atoms with Gasteiger partial charge in [0.15, 0.2) is 11.9 Å². The maximum absolute atomic E-state index is 5.56. The van der Waals surface area contributed by atoms with Crippen molar-refractivity contribution < 1.29 is 9.47 Å². The van der Waals surface area contributed by atoms with Crippen molar-refractivity contribution in [2.45, 2.75) is 0 Å². The lowest BCUT2D eigenvalue weighted by molar-refractivity contribution is 0.0539. The summed E-state index contributed by atoms with van der Waals surface area (Å²) in [6, 6.07) is 0. The molecule has 0 atom stereocenters. The molecule has 0 aromatic rings. The second-order valence-corrected chi connectivity index (χ2v) is 6.27. The molecule has 0 amide bonds. The van der Waals surface area contributed by atoms with Crippen molar-refractivity contribution in [2.75, 3.05) is 93.9 Å². The summed E-state index contributed by atoms with van der Waals surface area (Å²) in [5, 5.41) is 0. The van der Waals surface area contributed by atoms with E-state index in [-0.39, 0.29) is 0 Å². The average molecular weight is 340 g/mol. The number of ether oxygens (including phenoxy) is 2. The number of rotatable bonds is 9. The molecule has 2 rings (SSSR count). The zero-order chi connectivity index (χ0) is 17.4. The normalized spacial score (nSPS) is 18.2. The van der Waals surface area contributed by atoms with E-state index >= 15 is 0 Å². The smallest absolute Gasteiger partial charge is 0.196 e. The van der Waals surface area contributed by atoms with E-state index < -0.39 is 0 Å². The summed E-state index contributed by atoms with van der Waals surface area (Å²) in [5.74, 6) is 2.10. The van der Waals surface area contributed by atoms with Crippen LogP contribution in [0.4, 0.5) is 0 Å². The zero-order valence-corrected chi connectivity index (χ0v) is 15.6. The number of guanidine groups is 2. The molecule has 2 aliphatic rings. The van der Waals surface area contributed by atoms with Crippen LogP contribution in [-0.2, 0) is 9.47 Å². The average Bonchev–Trinajstić information content (AvgIpc) is 3.05. The third-order valence-corrected chi connectivity index (χ3v) is 4.26.